The normalized spacial score (nSPS) is 15.3. The van der Waals surface area contributed by atoms with Gasteiger partial charge in [0.2, 0.25) is 0 Å². The van der Waals surface area contributed by atoms with Crippen molar-refractivity contribution < 1.29 is 0 Å². The Kier molecular flexibility index (Phi) is 6.14. The first-order valence-electron chi connectivity index (χ1n) is 5.28. The number of allylic oxidation sites excluding steroid dienone is 2. The molecule has 0 aliphatic carbocycles. The van der Waals surface area contributed by atoms with Crippen molar-refractivity contribution in [2.24, 2.45) is 11.8 Å². The fraction of sp³-hybridized carbons (Fsp3) is 0.833. The van der Waals surface area contributed by atoms with Gasteiger partial charge in [0.1, 0.15) is 0 Å². The maximum atomic E-state index is 2.37. The molecular formula is C12H24. The molecule has 0 aromatic rings. The Bertz CT molecular complexity index is 131. The van der Waals surface area contributed by atoms with Crippen LogP contribution in [0.1, 0.15) is 53.9 Å². The van der Waals surface area contributed by atoms with Crippen LogP contribution in [0, 0.1) is 11.8 Å². The largest absolute Gasteiger partial charge is 0.0856 e. The molecule has 0 aromatic carbocycles. The van der Waals surface area contributed by atoms with E-state index in [1.54, 1.807) is 5.57 Å². The molecular weight excluding hydrogens is 144 g/mol. The third-order valence-electron chi connectivity index (χ3n) is 2.42. The first-order valence-corrected chi connectivity index (χ1v) is 5.28. The second kappa shape index (κ2) is 6.28. The van der Waals surface area contributed by atoms with Crippen LogP contribution in [0.4, 0.5) is 0 Å². The van der Waals surface area contributed by atoms with Crippen molar-refractivity contribution in [3.63, 3.8) is 0 Å². The van der Waals surface area contributed by atoms with Gasteiger partial charge in [-0.15, -0.1) is 0 Å². The average Bonchev–Trinajstić information content (AvgIpc) is 2.00. The van der Waals surface area contributed by atoms with Gasteiger partial charge in [-0.1, -0.05) is 39.3 Å². The minimum atomic E-state index is 0.824. The number of hydrogen-bond donors (Lipinski definition) is 0. The van der Waals surface area contributed by atoms with E-state index in [1.165, 1.54) is 19.3 Å². The second-order valence-corrected chi connectivity index (χ2v) is 4.09. The summed E-state index contributed by atoms with van der Waals surface area (Å²) in [6.07, 6.45) is 6.19. The van der Waals surface area contributed by atoms with Gasteiger partial charge in [-0.2, -0.15) is 0 Å². The van der Waals surface area contributed by atoms with Crippen molar-refractivity contribution in [1.82, 2.24) is 0 Å². The molecule has 0 aliphatic rings. The minimum Gasteiger partial charge on any atom is -0.0856 e. The highest BCUT2D eigenvalue weighted by Crippen LogP contribution is 2.23. The topological polar surface area (TPSA) is 0 Å². The van der Waals surface area contributed by atoms with Crippen molar-refractivity contribution in [3.8, 4) is 0 Å². The molecule has 12 heavy (non-hydrogen) atoms. The van der Waals surface area contributed by atoms with E-state index in [1.807, 2.05) is 0 Å². The SMILES string of the molecule is CCC=C(C)C(CC)CC(C)C. The van der Waals surface area contributed by atoms with Gasteiger partial charge in [-0.25, -0.2) is 0 Å². The van der Waals surface area contributed by atoms with E-state index in [2.05, 4.69) is 40.7 Å². The van der Waals surface area contributed by atoms with Crippen LogP contribution >= 0.6 is 0 Å². The van der Waals surface area contributed by atoms with Gasteiger partial charge >= 0.3 is 0 Å². The van der Waals surface area contributed by atoms with E-state index in [4.69, 9.17) is 0 Å². The molecule has 1 atom stereocenters. The highest BCUT2D eigenvalue weighted by molar-refractivity contribution is 5.02. The Morgan fingerprint density at radius 1 is 1.25 bits per heavy atom. The second-order valence-electron chi connectivity index (χ2n) is 4.09. The molecule has 0 aliphatic heterocycles. The van der Waals surface area contributed by atoms with E-state index in [9.17, 15) is 0 Å². The summed E-state index contributed by atoms with van der Waals surface area (Å²) in [5, 5.41) is 0. The van der Waals surface area contributed by atoms with Crippen LogP contribution in [-0.2, 0) is 0 Å². The van der Waals surface area contributed by atoms with E-state index in [0.29, 0.717) is 0 Å². The maximum absolute atomic E-state index is 2.37. The third kappa shape index (κ3) is 4.58. The Hall–Kier alpha value is -0.260. The molecule has 0 aromatic heterocycles. The fourth-order valence-electron chi connectivity index (χ4n) is 1.73. The molecule has 1 unspecified atom stereocenters. The smallest absolute Gasteiger partial charge is 0.0206 e. The molecule has 0 fully saturated rings. The highest BCUT2D eigenvalue weighted by atomic mass is 14.1. The molecule has 0 heteroatoms. The number of rotatable bonds is 5. The molecule has 0 bridgehead atoms. The van der Waals surface area contributed by atoms with Crippen LogP contribution in [-0.4, -0.2) is 0 Å². The molecule has 0 spiro atoms. The summed E-state index contributed by atoms with van der Waals surface area (Å²) >= 11 is 0. The molecule has 0 saturated heterocycles. The maximum Gasteiger partial charge on any atom is -0.0206 e. The highest BCUT2D eigenvalue weighted by Gasteiger charge is 2.09. The van der Waals surface area contributed by atoms with Gasteiger partial charge in [0.25, 0.3) is 0 Å². The van der Waals surface area contributed by atoms with Crippen LogP contribution in [0.15, 0.2) is 11.6 Å². The van der Waals surface area contributed by atoms with Gasteiger partial charge in [-0.3, -0.25) is 0 Å². The van der Waals surface area contributed by atoms with Gasteiger partial charge in [0, 0.05) is 0 Å². The van der Waals surface area contributed by atoms with E-state index >= 15 is 0 Å². The average molecular weight is 168 g/mol. The lowest BCUT2D eigenvalue weighted by molar-refractivity contribution is 0.446. The predicted octanol–water partition coefficient (Wildman–Crippen LogP) is 4.42. The molecule has 0 N–H and O–H groups in total. The molecule has 0 saturated carbocycles. The molecule has 72 valence electrons. The van der Waals surface area contributed by atoms with Crippen molar-refractivity contribution >= 4 is 0 Å². The van der Waals surface area contributed by atoms with Crippen molar-refractivity contribution in [1.29, 1.82) is 0 Å². The zero-order valence-electron chi connectivity index (χ0n) is 9.35. The minimum absolute atomic E-state index is 0.824. The summed E-state index contributed by atoms with van der Waals surface area (Å²) in [7, 11) is 0. The third-order valence-corrected chi connectivity index (χ3v) is 2.42. The standard InChI is InChI=1S/C12H24/c1-6-8-11(5)12(7-2)9-10(3)4/h8,10,12H,6-7,9H2,1-5H3. The van der Waals surface area contributed by atoms with Crippen LogP contribution in [0.25, 0.3) is 0 Å². The molecule has 0 nitrogen and oxygen atoms in total. The lowest BCUT2D eigenvalue weighted by atomic mass is 9.88. The van der Waals surface area contributed by atoms with Gasteiger partial charge in [-0.05, 0) is 38.0 Å². The van der Waals surface area contributed by atoms with Gasteiger partial charge < -0.3 is 0 Å². The quantitative estimate of drug-likeness (QED) is 0.533. The predicted molar refractivity (Wildman–Crippen MR) is 57.3 cm³/mol. The van der Waals surface area contributed by atoms with Crippen LogP contribution in [0.2, 0.25) is 0 Å². The van der Waals surface area contributed by atoms with Gasteiger partial charge in [0.15, 0.2) is 0 Å². The Morgan fingerprint density at radius 2 is 1.83 bits per heavy atom. The molecule has 0 rings (SSSR count). The molecule has 0 heterocycles. The lowest BCUT2D eigenvalue weighted by Crippen LogP contribution is -2.04. The fourth-order valence-corrected chi connectivity index (χ4v) is 1.73. The zero-order valence-corrected chi connectivity index (χ0v) is 9.35. The van der Waals surface area contributed by atoms with Crippen molar-refractivity contribution in [3.05, 3.63) is 11.6 Å². The van der Waals surface area contributed by atoms with E-state index in [-0.39, 0.29) is 0 Å². The summed E-state index contributed by atoms with van der Waals surface area (Å²) < 4.78 is 0. The van der Waals surface area contributed by atoms with Crippen LogP contribution in [0.3, 0.4) is 0 Å². The van der Waals surface area contributed by atoms with Crippen LogP contribution in [0.5, 0.6) is 0 Å². The summed E-state index contributed by atoms with van der Waals surface area (Å²) in [4.78, 5) is 0. The van der Waals surface area contributed by atoms with Crippen molar-refractivity contribution in [2.45, 2.75) is 53.9 Å². The summed E-state index contributed by atoms with van der Waals surface area (Å²) in [6, 6.07) is 0. The van der Waals surface area contributed by atoms with Crippen LogP contribution < -0.4 is 0 Å². The van der Waals surface area contributed by atoms with Crippen molar-refractivity contribution in [2.75, 3.05) is 0 Å². The Balaban J connectivity index is 4.05. The molecule has 0 radical (unpaired) electrons. The van der Waals surface area contributed by atoms with E-state index in [0.717, 1.165) is 11.8 Å². The zero-order chi connectivity index (χ0) is 9.56. The monoisotopic (exact) mass is 168 g/mol. The van der Waals surface area contributed by atoms with Gasteiger partial charge in [0.05, 0.1) is 0 Å². The first-order chi connectivity index (χ1) is 5.61. The Labute approximate surface area is 78.1 Å². The Morgan fingerprint density at radius 3 is 2.17 bits per heavy atom. The number of hydrogen-bond acceptors (Lipinski definition) is 0. The summed E-state index contributed by atoms with van der Waals surface area (Å²) in [6.45, 7) is 11.4. The lowest BCUT2D eigenvalue weighted by Gasteiger charge is -2.17. The first kappa shape index (κ1) is 11.7. The molecule has 0 amide bonds. The summed E-state index contributed by atoms with van der Waals surface area (Å²) in [5.41, 5.74) is 1.59. The summed E-state index contributed by atoms with van der Waals surface area (Å²) in [5.74, 6) is 1.65. The van der Waals surface area contributed by atoms with E-state index < -0.39 is 0 Å².